The molecule has 0 N–H and O–H groups in total. The third-order valence-corrected chi connectivity index (χ3v) is 6.06. The fraction of sp³-hybridized carbons (Fsp3) is 0.0625. The highest BCUT2D eigenvalue weighted by molar-refractivity contribution is 5.99. The Balaban J connectivity index is 1.56. The smallest absolute Gasteiger partial charge is 0.0540 e. The SMILES string of the molecule is C/C(=C/c1ccc(C)cc1)c1ccc(N(c2ccccc2)c2cccc3ccccc23)cc1. The van der Waals surface area contributed by atoms with Crippen molar-refractivity contribution < 1.29 is 0 Å². The number of allylic oxidation sites excluding steroid dienone is 1. The minimum Gasteiger partial charge on any atom is -0.310 e. The third kappa shape index (κ3) is 4.44. The molecule has 1 nitrogen and oxygen atoms in total. The third-order valence-electron chi connectivity index (χ3n) is 6.06. The molecule has 0 fully saturated rings. The highest BCUT2D eigenvalue weighted by Gasteiger charge is 2.14. The van der Waals surface area contributed by atoms with Crippen molar-refractivity contribution in [1.82, 2.24) is 0 Å². The molecule has 0 spiro atoms. The van der Waals surface area contributed by atoms with Crippen LogP contribution in [0.3, 0.4) is 0 Å². The average Bonchev–Trinajstić information content (AvgIpc) is 2.87. The molecule has 33 heavy (non-hydrogen) atoms. The summed E-state index contributed by atoms with van der Waals surface area (Å²) >= 11 is 0. The fourth-order valence-corrected chi connectivity index (χ4v) is 4.28. The predicted molar refractivity (Wildman–Crippen MR) is 143 cm³/mol. The van der Waals surface area contributed by atoms with Gasteiger partial charge in [0.2, 0.25) is 0 Å². The lowest BCUT2D eigenvalue weighted by molar-refractivity contribution is 1.29. The summed E-state index contributed by atoms with van der Waals surface area (Å²) in [4.78, 5) is 2.34. The molecule has 0 aromatic heterocycles. The van der Waals surface area contributed by atoms with E-state index in [1.807, 2.05) is 0 Å². The zero-order valence-electron chi connectivity index (χ0n) is 19.1. The van der Waals surface area contributed by atoms with Gasteiger partial charge in [-0.2, -0.15) is 0 Å². The Kier molecular flexibility index (Phi) is 5.78. The van der Waals surface area contributed by atoms with Crippen molar-refractivity contribution in [3.05, 3.63) is 138 Å². The summed E-state index contributed by atoms with van der Waals surface area (Å²) in [5, 5.41) is 2.48. The van der Waals surface area contributed by atoms with Crippen molar-refractivity contribution >= 4 is 39.5 Å². The normalized spacial score (nSPS) is 11.5. The van der Waals surface area contributed by atoms with Gasteiger partial charge >= 0.3 is 0 Å². The van der Waals surface area contributed by atoms with Gasteiger partial charge in [0.25, 0.3) is 0 Å². The standard InChI is InChI=1S/C32H27N/c1-24-15-17-26(18-16-24)23-25(2)27-19-21-30(22-20-27)33(29-11-4-3-5-12-29)32-14-8-10-28-9-6-7-13-31(28)32/h3-23H,1-2H3/b25-23-. The number of fused-ring (bicyclic) bond motifs is 1. The van der Waals surface area contributed by atoms with Crippen LogP contribution in [0, 0.1) is 6.92 Å². The van der Waals surface area contributed by atoms with E-state index in [4.69, 9.17) is 0 Å². The van der Waals surface area contributed by atoms with Crippen LogP contribution in [0.2, 0.25) is 0 Å². The summed E-state index contributed by atoms with van der Waals surface area (Å²) in [5.41, 5.74) is 8.46. The van der Waals surface area contributed by atoms with Crippen molar-refractivity contribution in [3.8, 4) is 0 Å². The first-order valence-electron chi connectivity index (χ1n) is 11.4. The number of benzene rings is 5. The van der Waals surface area contributed by atoms with Crippen molar-refractivity contribution in [3.63, 3.8) is 0 Å². The first-order valence-corrected chi connectivity index (χ1v) is 11.4. The first kappa shape index (κ1) is 20.8. The summed E-state index contributed by atoms with van der Waals surface area (Å²) in [6, 6.07) is 43.2. The Labute approximate surface area is 196 Å². The number of aryl methyl sites for hydroxylation is 1. The van der Waals surface area contributed by atoms with Crippen LogP contribution in [0.25, 0.3) is 22.4 Å². The number of anilines is 3. The molecule has 5 aromatic carbocycles. The van der Waals surface area contributed by atoms with E-state index < -0.39 is 0 Å². The molecule has 0 aliphatic rings. The quantitative estimate of drug-likeness (QED) is 0.254. The van der Waals surface area contributed by atoms with Gasteiger partial charge in [0, 0.05) is 16.8 Å². The van der Waals surface area contributed by atoms with Gasteiger partial charge in [0.05, 0.1) is 5.69 Å². The minimum absolute atomic E-state index is 1.14. The number of hydrogen-bond acceptors (Lipinski definition) is 1. The van der Waals surface area contributed by atoms with Gasteiger partial charge in [-0.15, -0.1) is 0 Å². The molecule has 1 heteroatoms. The molecule has 160 valence electrons. The molecule has 0 saturated heterocycles. The molecule has 0 unspecified atom stereocenters. The summed E-state index contributed by atoms with van der Waals surface area (Å²) in [6.07, 6.45) is 2.24. The maximum atomic E-state index is 2.34. The van der Waals surface area contributed by atoms with E-state index in [2.05, 4.69) is 146 Å². The Bertz CT molecular complexity index is 1390. The zero-order valence-corrected chi connectivity index (χ0v) is 19.1. The van der Waals surface area contributed by atoms with Gasteiger partial charge < -0.3 is 4.90 Å². The fourth-order valence-electron chi connectivity index (χ4n) is 4.28. The van der Waals surface area contributed by atoms with Crippen molar-refractivity contribution in [2.24, 2.45) is 0 Å². The average molecular weight is 426 g/mol. The highest BCUT2D eigenvalue weighted by Crippen LogP contribution is 2.39. The Morgan fingerprint density at radius 1 is 0.606 bits per heavy atom. The van der Waals surface area contributed by atoms with Crippen LogP contribution in [0.4, 0.5) is 17.1 Å². The molecular formula is C32H27N. The van der Waals surface area contributed by atoms with Crippen molar-refractivity contribution in [1.29, 1.82) is 0 Å². The summed E-state index contributed by atoms with van der Waals surface area (Å²) in [7, 11) is 0. The number of rotatable bonds is 5. The van der Waals surface area contributed by atoms with Crippen molar-refractivity contribution in [2.45, 2.75) is 13.8 Å². The number of nitrogens with zero attached hydrogens (tertiary/aromatic N) is 1. The monoisotopic (exact) mass is 425 g/mol. The summed E-state index contributed by atoms with van der Waals surface area (Å²) < 4.78 is 0. The number of hydrogen-bond donors (Lipinski definition) is 0. The van der Waals surface area contributed by atoms with Crippen molar-refractivity contribution in [2.75, 3.05) is 4.90 Å². The van der Waals surface area contributed by atoms with Crippen LogP contribution in [0.15, 0.2) is 121 Å². The van der Waals surface area contributed by atoms with Crippen LogP contribution < -0.4 is 4.90 Å². The Morgan fingerprint density at radius 3 is 2.00 bits per heavy atom. The second kappa shape index (κ2) is 9.18. The highest BCUT2D eigenvalue weighted by atomic mass is 15.1. The lowest BCUT2D eigenvalue weighted by Gasteiger charge is -2.27. The van der Waals surface area contributed by atoms with E-state index in [0.29, 0.717) is 0 Å². The van der Waals surface area contributed by atoms with E-state index in [-0.39, 0.29) is 0 Å². The topological polar surface area (TPSA) is 3.24 Å². The van der Waals surface area contributed by atoms with E-state index in [0.717, 1.165) is 11.4 Å². The van der Waals surface area contributed by atoms with Crippen LogP contribution in [0.1, 0.15) is 23.6 Å². The minimum atomic E-state index is 1.14. The lowest BCUT2D eigenvalue weighted by atomic mass is 10.0. The molecule has 0 bridgehead atoms. The van der Waals surface area contributed by atoms with Gasteiger partial charge in [0.15, 0.2) is 0 Å². The molecule has 0 radical (unpaired) electrons. The van der Waals surface area contributed by atoms with E-state index in [1.165, 1.54) is 38.7 Å². The van der Waals surface area contributed by atoms with E-state index in [9.17, 15) is 0 Å². The molecule has 0 heterocycles. The molecule has 0 amide bonds. The van der Waals surface area contributed by atoms with Crippen LogP contribution in [0.5, 0.6) is 0 Å². The summed E-state index contributed by atoms with van der Waals surface area (Å²) in [6.45, 7) is 4.29. The predicted octanol–water partition coefficient (Wildman–Crippen LogP) is 9.18. The van der Waals surface area contributed by atoms with Crippen LogP contribution >= 0.6 is 0 Å². The molecular weight excluding hydrogens is 398 g/mol. The van der Waals surface area contributed by atoms with E-state index in [1.54, 1.807) is 0 Å². The second-order valence-electron chi connectivity index (χ2n) is 8.45. The Morgan fingerprint density at radius 2 is 1.24 bits per heavy atom. The molecule has 5 rings (SSSR count). The Hall–Kier alpha value is -4.10. The van der Waals surface area contributed by atoms with Gasteiger partial charge in [-0.25, -0.2) is 0 Å². The van der Waals surface area contributed by atoms with Gasteiger partial charge in [-0.1, -0.05) is 103 Å². The van der Waals surface area contributed by atoms with Gasteiger partial charge in [0.1, 0.15) is 0 Å². The zero-order chi connectivity index (χ0) is 22.6. The second-order valence-corrected chi connectivity index (χ2v) is 8.45. The van der Waals surface area contributed by atoms with Crippen LogP contribution in [-0.2, 0) is 0 Å². The molecule has 5 aromatic rings. The number of para-hydroxylation sites is 1. The first-order chi connectivity index (χ1) is 16.2. The van der Waals surface area contributed by atoms with Gasteiger partial charge in [-0.3, -0.25) is 0 Å². The van der Waals surface area contributed by atoms with Gasteiger partial charge in [-0.05, 0) is 66.3 Å². The largest absolute Gasteiger partial charge is 0.310 e. The summed E-state index contributed by atoms with van der Waals surface area (Å²) in [5.74, 6) is 0. The maximum absolute atomic E-state index is 2.34. The molecule has 0 aliphatic carbocycles. The molecule has 0 atom stereocenters. The van der Waals surface area contributed by atoms with E-state index >= 15 is 0 Å². The lowest BCUT2D eigenvalue weighted by Crippen LogP contribution is -2.10. The molecule has 0 saturated carbocycles. The van der Waals surface area contributed by atoms with Crippen LogP contribution in [-0.4, -0.2) is 0 Å². The maximum Gasteiger partial charge on any atom is 0.0540 e. The molecule has 0 aliphatic heterocycles.